The molecule has 2 amide bonds. The molecule has 150 valence electrons. The first-order valence-electron chi connectivity index (χ1n) is 9.21. The van der Waals surface area contributed by atoms with Crippen molar-refractivity contribution in [2.45, 2.75) is 12.1 Å². The summed E-state index contributed by atoms with van der Waals surface area (Å²) in [5.74, 6) is -0.522. The average Bonchev–Trinajstić information content (AvgIpc) is 2.75. The van der Waals surface area contributed by atoms with Crippen molar-refractivity contribution < 1.29 is 19.4 Å². The predicted molar refractivity (Wildman–Crippen MR) is 106 cm³/mol. The van der Waals surface area contributed by atoms with Gasteiger partial charge in [0.05, 0.1) is 24.3 Å². The Morgan fingerprint density at radius 2 is 2.07 bits per heavy atom. The van der Waals surface area contributed by atoms with Crippen molar-refractivity contribution in [1.82, 2.24) is 4.90 Å². The van der Waals surface area contributed by atoms with E-state index in [2.05, 4.69) is 5.32 Å². The fourth-order valence-corrected chi connectivity index (χ4v) is 3.34. The number of hydrogen-bond donors (Lipinski definition) is 3. The van der Waals surface area contributed by atoms with E-state index in [-0.39, 0.29) is 25.0 Å². The third-order valence-electron chi connectivity index (χ3n) is 4.76. The van der Waals surface area contributed by atoms with Crippen LogP contribution in [0, 0.1) is 11.3 Å². The summed E-state index contributed by atoms with van der Waals surface area (Å²) in [6.45, 7) is 0.325. The van der Waals surface area contributed by atoms with Gasteiger partial charge >= 0.3 is 0 Å². The Balaban J connectivity index is 1.73. The standard InChI is InChI=1S/C21H22N4O4/c22-8-9-25-18(12-26)20(29-13-19(25)27)15-4-6-17(7-5-15)24-21(28)16-3-1-2-14(10-16)11-23/h1-7,10,18,20,26H,8-9,12-13,22H2,(H,24,28). The predicted octanol–water partition coefficient (Wildman–Crippen LogP) is 1.03. The number of nitrogens with two attached hydrogens (primary N) is 1. The van der Waals surface area contributed by atoms with Crippen LogP contribution in [-0.4, -0.2) is 54.2 Å². The number of aliphatic hydroxyl groups excluding tert-OH is 1. The first kappa shape index (κ1) is 20.5. The Morgan fingerprint density at radius 3 is 2.72 bits per heavy atom. The highest BCUT2D eigenvalue weighted by Crippen LogP contribution is 2.29. The van der Waals surface area contributed by atoms with Crippen molar-refractivity contribution in [2.75, 3.05) is 31.6 Å². The lowest BCUT2D eigenvalue weighted by Gasteiger charge is -2.40. The molecule has 0 aliphatic carbocycles. The number of hydrogen-bond acceptors (Lipinski definition) is 6. The molecule has 0 aromatic heterocycles. The second kappa shape index (κ2) is 9.30. The van der Waals surface area contributed by atoms with Gasteiger partial charge in [0.1, 0.15) is 12.7 Å². The zero-order valence-electron chi connectivity index (χ0n) is 15.7. The summed E-state index contributed by atoms with van der Waals surface area (Å²) in [7, 11) is 0. The fourth-order valence-electron chi connectivity index (χ4n) is 3.34. The SMILES string of the molecule is N#Cc1cccc(C(=O)Nc2ccc(C3OCC(=O)N(CCN)C3CO)cc2)c1. The minimum atomic E-state index is -0.519. The molecule has 3 rings (SSSR count). The molecule has 8 nitrogen and oxygen atoms in total. The lowest BCUT2D eigenvalue weighted by Crippen LogP contribution is -2.54. The van der Waals surface area contributed by atoms with Crippen LogP contribution >= 0.6 is 0 Å². The van der Waals surface area contributed by atoms with Crippen LogP contribution < -0.4 is 11.1 Å². The summed E-state index contributed by atoms with van der Waals surface area (Å²) in [5, 5.41) is 21.5. The number of carbonyl (C=O) groups excluding carboxylic acids is 2. The molecule has 1 saturated heterocycles. The van der Waals surface area contributed by atoms with Crippen LogP contribution in [-0.2, 0) is 9.53 Å². The van der Waals surface area contributed by atoms with Crippen molar-refractivity contribution in [3.05, 3.63) is 65.2 Å². The number of nitrogens with zero attached hydrogens (tertiary/aromatic N) is 2. The number of nitrogens with one attached hydrogen (secondary N) is 1. The molecule has 8 heteroatoms. The molecule has 1 aliphatic rings. The van der Waals surface area contributed by atoms with Gasteiger partial charge in [-0.05, 0) is 35.9 Å². The molecule has 1 heterocycles. The van der Waals surface area contributed by atoms with Gasteiger partial charge in [0, 0.05) is 24.3 Å². The Hall–Kier alpha value is -3.25. The number of amides is 2. The maximum atomic E-state index is 12.4. The lowest BCUT2D eigenvalue weighted by atomic mass is 9.99. The topological polar surface area (TPSA) is 129 Å². The fraction of sp³-hybridized carbons (Fsp3) is 0.286. The van der Waals surface area contributed by atoms with Crippen LogP contribution in [0.4, 0.5) is 5.69 Å². The molecule has 2 unspecified atom stereocenters. The van der Waals surface area contributed by atoms with Gasteiger partial charge in [0.25, 0.3) is 5.91 Å². The number of rotatable bonds is 6. The van der Waals surface area contributed by atoms with Gasteiger partial charge < -0.3 is 25.8 Å². The molecular weight excluding hydrogens is 372 g/mol. The summed E-state index contributed by atoms with van der Waals surface area (Å²) in [6, 6.07) is 14.9. The van der Waals surface area contributed by atoms with E-state index in [0.29, 0.717) is 29.9 Å². The Bertz CT molecular complexity index is 923. The van der Waals surface area contributed by atoms with Crippen molar-refractivity contribution in [3.8, 4) is 6.07 Å². The molecule has 4 N–H and O–H groups in total. The van der Waals surface area contributed by atoms with Crippen LogP contribution in [0.2, 0.25) is 0 Å². The van der Waals surface area contributed by atoms with Crippen LogP contribution in [0.3, 0.4) is 0 Å². The van der Waals surface area contributed by atoms with Gasteiger partial charge in [-0.1, -0.05) is 18.2 Å². The molecule has 0 spiro atoms. The largest absolute Gasteiger partial charge is 0.394 e. The van der Waals surface area contributed by atoms with Crippen LogP contribution in [0.15, 0.2) is 48.5 Å². The van der Waals surface area contributed by atoms with Crippen molar-refractivity contribution in [2.24, 2.45) is 5.73 Å². The summed E-state index contributed by atoms with van der Waals surface area (Å²) in [6.07, 6.45) is -0.485. The maximum absolute atomic E-state index is 12.4. The van der Waals surface area contributed by atoms with Gasteiger partial charge in [-0.2, -0.15) is 5.26 Å². The summed E-state index contributed by atoms with van der Waals surface area (Å²) in [4.78, 5) is 26.0. The van der Waals surface area contributed by atoms with Gasteiger partial charge in [0.15, 0.2) is 0 Å². The molecular formula is C21H22N4O4. The second-order valence-electron chi connectivity index (χ2n) is 6.63. The quantitative estimate of drug-likeness (QED) is 0.671. The van der Waals surface area contributed by atoms with Crippen molar-refractivity contribution in [3.63, 3.8) is 0 Å². The van der Waals surface area contributed by atoms with Crippen LogP contribution in [0.5, 0.6) is 0 Å². The highest BCUT2D eigenvalue weighted by molar-refractivity contribution is 6.04. The smallest absolute Gasteiger partial charge is 0.255 e. The molecule has 0 saturated carbocycles. The minimum absolute atomic E-state index is 0.0745. The number of anilines is 1. The molecule has 2 aromatic rings. The van der Waals surface area contributed by atoms with E-state index in [1.54, 1.807) is 47.4 Å². The zero-order valence-corrected chi connectivity index (χ0v) is 15.7. The van der Waals surface area contributed by atoms with E-state index in [4.69, 9.17) is 15.7 Å². The first-order chi connectivity index (χ1) is 14.1. The second-order valence-corrected chi connectivity index (χ2v) is 6.63. The Kier molecular flexibility index (Phi) is 6.57. The van der Waals surface area contributed by atoms with E-state index in [1.807, 2.05) is 6.07 Å². The molecule has 1 fully saturated rings. The summed E-state index contributed by atoms with van der Waals surface area (Å²) < 4.78 is 5.66. The van der Waals surface area contributed by atoms with Crippen LogP contribution in [0.25, 0.3) is 0 Å². The highest BCUT2D eigenvalue weighted by atomic mass is 16.5. The summed E-state index contributed by atoms with van der Waals surface area (Å²) >= 11 is 0. The molecule has 0 bridgehead atoms. The van der Waals surface area contributed by atoms with Gasteiger partial charge in [0.2, 0.25) is 5.91 Å². The number of benzene rings is 2. The molecule has 29 heavy (non-hydrogen) atoms. The Labute approximate surface area is 168 Å². The van der Waals surface area contributed by atoms with Gasteiger partial charge in [-0.25, -0.2) is 0 Å². The zero-order chi connectivity index (χ0) is 20.8. The number of nitriles is 1. The van der Waals surface area contributed by atoms with Gasteiger partial charge in [-0.15, -0.1) is 0 Å². The van der Waals surface area contributed by atoms with Crippen LogP contribution in [0.1, 0.15) is 27.6 Å². The highest BCUT2D eigenvalue weighted by Gasteiger charge is 2.36. The first-order valence-corrected chi connectivity index (χ1v) is 9.21. The number of ether oxygens (including phenoxy) is 1. The maximum Gasteiger partial charge on any atom is 0.255 e. The van der Waals surface area contributed by atoms with Gasteiger partial charge in [-0.3, -0.25) is 9.59 Å². The number of morpholine rings is 1. The average molecular weight is 394 g/mol. The molecule has 2 aromatic carbocycles. The van der Waals surface area contributed by atoms with E-state index in [1.165, 1.54) is 6.07 Å². The van der Waals surface area contributed by atoms with Crippen molar-refractivity contribution >= 4 is 17.5 Å². The molecule has 0 radical (unpaired) electrons. The lowest BCUT2D eigenvalue weighted by molar-refractivity contribution is -0.160. The van der Waals surface area contributed by atoms with Crippen molar-refractivity contribution in [1.29, 1.82) is 5.26 Å². The number of carbonyl (C=O) groups is 2. The monoisotopic (exact) mass is 394 g/mol. The normalized spacial score (nSPS) is 18.9. The van der Waals surface area contributed by atoms with E-state index in [0.717, 1.165) is 5.56 Å². The number of aliphatic hydroxyl groups is 1. The summed E-state index contributed by atoms with van der Waals surface area (Å²) in [5.41, 5.74) is 7.74. The molecule has 1 aliphatic heterocycles. The third-order valence-corrected chi connectivity index (χ3v) is 4.76. The third kappa shape index (κ3) is 4.60. The Morgan fingerprint density at radius 1 is 1.31 bits per heavy atom. The minimum Gasteiger partial charge on any atom is -0.394 e. The van der Waals surface area contributed by atoms with E-state index >= 15 is 0 Å². The van der Waals surface area contributed by atoms with E-state index in [9.17, 15) is 14.7 Å². The van der Waals surface area contributed by atoms with E-state index < -0.39 is 12.1 Å². The molecule has 2 atom stereocenters.